The molecule has 0 radical (unpaired) electrons. The van der Waals surface area contributed by atoms with Crippen LogP contribution in [0.15, 0.2) is 110 Å². The topological polar surface area (TPSA) is 282 Å². The van der Waals surface area contributed by atoms with Gasteiger partial charge < -0.3 is 0 Å². The first-order valence-corrected chi connectivity index (χ1v) is 13.5. The molecule has 0 saturated carbocycles. The molecule has 6 aromatic heterocycles. The van der Waals surface area contributed by atoms with Gasteiger partial charge in [-0.2, -0.15) is 20.4 Å². The molecule has 6 rings (SSSR count). The van der Waals surface area contributed by atoms with E-state index in [2.05, 4.69) is 30.4 Å². The van der Waals surface area contributed by atoms with Crippen molar-refractivity contribution < 1.29 is 74.8 Å². The largest absolute Gasteiger partial charge is 2.00 e. The Bertz CT molecular complexity index is 1350. The van der Waals surface area contributed by atoms with E-state index in [9.17, 15) is 0 Å². The van der Waals surface area contributed by atoms with E-state index in [0.717, 1.165) is 23.3 Å². The molecular weight excluding hydrogens is 659 g/mol. The Morgan fingerprint density at radius 2 is 0.605 bits per heavy atom. The van der Waals surface area contributed by atoms with Crippen LogP contribution in [0, 0.1) is 20.5 Å². The molecule has 226 valence electrons. The summed E-state index contributed by atoms with van der Waals surface area (Å²) in [6.07, 6.45) is 14.3. The maximum absolute atomic E-state index is 8.49. The zero-order valence-electron chi connectivity index (χ0n) is 21.2. The Morgan fingerprint density at radius 1 is 0.395 bits per heavy atom. The van der Waals surface area contributed by atoms with E-state index in [4.69, 9.17) is 37.3 Å². The van der Waals surface area contributed by atoms with Crippen LogP contribution in [0.2, 0.25) is 0 Å². The van der Waals surface area contributed by atoms with Gasteiger partial charge in [-0.3, -0.25) is 0 Å². The molecule has 0 aromatic carbocycles. The first-order chi connectivity index (χ1) is 19.9. The number of hydrogen-bond acceptors (Lipinski definition) is 14. The van der Waals surface area contributed by atoms with Crippen LogP contribution in [0.3, 0.4) is 0 Å². The Morgan fingerprint density at radius 3 is 0.767 bits per heavy atom. The first kappa shape index (κ1) is 35.1. The third-order valence-electron chi connectivity index (χ3n) is 4.40. The SMILES string of the molecule is [Fe+2].[O-][Cl+3]([O-])([O-])[O-].[O-][Cl+3]([O-])([O-])[O-].c1cc(-n2cccn2)nc(-n2cccn2)c1.c1cc(-n2cccn2)nc(-n2cccn2)c1. The smallest absolute Gasteiger partial charge is 0.223 e. The summed E-state index contributed by atoms with van der Waals surface area (Å²) in [5.41, 5.74) is 0. The second-order valence-electron chi connectivity index (χ2n) is 7.27. The van der Waals surface area contributed by atoms with E-state index in [0.29, 0.717) is 0 Å². The van der Waals surface area contributed by atoms with Gasteiger partial charge in [0.05, 0.1) is 0 Å². The first-order valence-electron chi connectivity index (χ1n) is 11.0. The quantitative estimate of drug-likeness (QED) is 0.157. The fraction of sp³-hybridized carbons (Fsp3) is 0. The molecule has 6 heterocycles. The zero-order valence-corrected chi connectivity index (χ0v) is 23.9. The Labute approximate surface area is 256 Å². The summed E-state index contributed by atoms with van der Waals surface area (Å²) in [7, 11) is -9.89. The fourth-order valence-electron chi connectivity index (χ4n) is 2.95. The Balaban J connectivity index is 0.000000226. The number of aromatic nitrogens is 10. The molecule has 18 nitrogen and oxygen atoms in total. The van der Waals surface area contributed by atoms with E-state index >= 15 is 0 Å². The molecule has 21 heteroatoms. The van der Waals surface area contributed by atoms with Crippen molar-refractivity contribution in [2.45, 2.75) is 0 Å². The minimum atomic E-state index is -4.94. The minimum Gasteiger partial charge on any atom is -0.223 e. The summed E-state index contributed by atoms with van der Waals surface area (Å²) in [4.78, 5) is 8.92. The molecule has 0 aliphatic carbocycles. The van der Waals surface area contributed by atoms with E-state index < -0.39 is 20.5 Å². The van der Waals surface area contributed by atoms with Crippen LogP contribution in [0.4, 0.5) is 0 Å². The molecular formula is C22H18Cl2FeN10O8. The molecule has 0 unspecified atom stereocenters. The van der Waals surface area contributed by atoms with Gasteiger partial charge in [-0.1, -0.05) is 12.1 Å². The van der Waals surface area contributed by atoms with Gasteiger partial charge in [0.1, 0.15) is 0 Å². The summed E-state index contributed by atoms with van der Waals surface area (Å²) in [6, 6.07) is 18.9. The van der Waals surface area contributed by atoms with Crippen LogP contribution in [0.1, 0.15) is 0 Å². The zero-order chi connectivity index (χ0) is 30.6. The van der Waals surface area contributed by atoms with Gasteiger partial charge >= 0.3 is 17.1 Å². The van der Waals surface area contributed by atoms with Gasteiger partial charge in [0.2, 0.25) is 0 Å². The van der Waals surface area contributed by atoms with Gasteiger partial charge in [0.15, 0.2) is 23.3 Å². The van der Waals surface area contributed by atoms with Crippen molar-refractivity contribution in [3.63, 3.8) is 0 Å². The van der Waals surface area contributed by atoms with Crippen molar-refractivity contribution in [2.75, 3.05) is 0 Å². The average molecular weight is 677 g/mol. The molecule has 0 bridgehead atoms. The monoisotopic (exact) mass is 676 g/mol. The summed E-state index contributed by atoms with van der Waals surface area (Å²) in [6.45, 7) is 0. The number of hydrogen-bond donors (Lipinski definition) is 0. The van der Waals surface area contributed by atoms with E-state index in [1.807, 2.05) is 85.5 Å². The molecule has 0 N–H and O–H groups in total. The Hall–Kier alpha value is -4.08. The van der Waals surface area contributed by atoms with Crippen LogP contribution in [0.25, 0.3) is 23.3 Å². The van der Waals surface area contributed by atoms with Crippen molar-refractivity contribution in [1.29, 1.82) is 0 Å². The van der Waals surface area contributed by atoms with E-state index in [-0.39, 0.29) is 17.1 Å². The second-order valence-corrected chi connectivity index (χ2v) is 8.78. The summed E-state index contributed by atoms with van der Waals surface area (Å²) < 4.78 is 74.8. The van der Waals surface area contributed by atoms with Crippen LogP contribution in [-0.4, -0.2) is 49.1 Å². The van der Waals surface area contributed by atoms with Crippen molar-refractivity contribution in [3.05, 3.63) is 110 Å². The average Bonchev–Trinajstić information content (AvgIpc) is 3.76. The predicted octanol–water partition coefficient (Wildman–Crippen LogP) is -6.61. The maximum atomic E-state index is 8.49. The normalized spacial score (nSPS) is 10.6. The van der Waals surface area contributed by atoms with Gasteiger partial charge in [-0.25, -0.2) is 66.0 Å². The molecule has 0 atom stereocenters. The Kier molecular flexibility index (Phi) is 13.5. The van der Waals surface area contributed by atoms with E-state index in [1.165, 1.54) is 0 Å². The van der Waals surface area contributed by atoms with Crippen molar-refractivity contribution in [2.24, 2.45) is 0 Å². The second kappa shape index (κ2) is 16.5. The van der Waals surface area contributed by atoms with Crippen molar-refractivity contribution >= 4 is 0 Å². The predicted molar refractivity (Wildman–Crippen MR) is 117 cm³/mol. The minimum absolute atomic E-state index is 0. The van der Waals surface area contributed by atoms with Gasteiger partial charge in [-0.05, 0) is 48.5 Å². The van der Waals surface area contributed by atoms with E-state index in [1.54, 1.807) is 43.5 Å². The molecule has 0 fully saturated rings. The van der Waals surface area contributed by atoms with Crippen LogP contribution in [0.5, 0.6) is 0 Å². The third-order valence-corrected chi connectivity index (χ3v) is 4.40. The van der Waals surface area contributed by atoms with Gasteiger partial charge in [0, 0.05) is 49.6 Å². The molecule has 6 aromatic rings. The number of nitrogens with zero attached hydrogens (tertiary/aromatic N) is 10. The van der Waals surface area contributed by atoms with Gasteiger partial charge in [-0.15, -0.1) is 20.5 Å². The number of halogens is 2. The van der Waals surface area contributed by atoms with Gasteiger partial charge in [0.25, 0.3) is 0 Å². The van der Waals surface area contributed by atoms with Crippen molar-refractivity contribution in [1.82, 2.24) is 49.1 Å². The summed E-state index contributed by atoms with van der Waals surface area (Å²) >= 11 is 0. The number of pyridine rings is 2. The molecule has 0 aliphatic heterocycles. The third kappa shape index (κ3) is 13.6. The van der Waals surface area contributed by atoms with Crippen LogP contribution in [-0.2, 0) is 17.1 Å². The fourth-order valence-corrected chi connectivity index (χ4v) is 2.95. The number of rotatable bonds is 4. The summed E-state index contributed by atoms with van der Waals surface area (Å²) in [5.74, 6) is 3.10. The standard InChI is InChI=1S/2C11H9N5.2ClHO4.Fe/c2*1-4-10(15-8-2-6-12-15)14-11(5-1)16-9-3-7-13-16;2*2-1(3,4)5;/h2*1-9H;2*(H,2,3,4,5);/q;;;;+2/p-2. The molecule has 0 aliphatic rings. The molecule has 43 heavy (non-hydrogen) atoms. The molecule has 0 saturated heterocycles. The molecule has 0 amide bonds. The van der Waals surface area contributed by atoms with Crippen molar-refractivity contribution in [3.8, 4) is 23.3 Å². The summed E-state index contributed by atoms with van der Waals surface area (Å²) in [5, 5.41) is 16.5. The van der Waals surface area contributed by atoms with Crippen LogP contribution < -0.4 is 37.3 Å². The molecule has 0 spiro atoms. The maximum Gasteiger partial charge on any atom is 2.00 e. The van der Waals surface area contributed by atoms with Crippen LogP contribution >= 0.6 is 0 Å².